The molecule has 1 fully saturated rings. The number of aromatic nitrogens is 2. The van der Waals surface area contributed by atoms with Crippen molar-refractivity contribution in [3.8, 4) is 12.3 Å². The van der Waals surface area contributed by atoms with Crippen molar-refractivity contribution in [3.63, 3.8) is 0 Å². The number of likely N-dealkylation sites (N-methyl/N-ethyl adjacent to an activating group) is 1. The Morgan fingerprint density at radius 1 is 1.24 bits per heavy atom. The normalized spacial score (nSPS) is 17.7. The van der Waals surface area contributed by atoms with Crippen molar-refractivity contribution in [1.82, 2.24) is 14.9 Å². The molecule has 0 saturated carbocycles. The first kappa shape index (κ1) is 23.0. The quantitative estimate of drug-likeness (QED) is 0.540. The molecule has 4 rings (SSSR count). The van der Waals surface area contributed by atoms with E-state index in [-0.39, 0.29) is 23.9 Å². The van der Waals surface area contributed by atoms with Crippen molar-refractivity contribution >= 4 is 17.3 Å². The Kier molecular flexibility index (Phi) is 6.80. The zero-order valence-corrected chi connectivity index (χ0v) is 19.4. The fraction of sp³-hybridized carbons (Fsp3) is 0.444. The summed E-state index contributed by atoms with van der Waals surface area (Å²) in [5.41, 5.74) is 4.19. The van der Waals surface area contributed by atoms with Crippen LogP contribution in [0, 0.1) is 12.3 Å². The van der Waals surface area contributed by atoms with E-state index in [0.717, 1.165) is 36.0 Å². The number of hydrogen-bond donors (Lipinski definition) is 1. The van der Waals surface area contributed by atoms with E-state index in [1.807, 2.05) is 26.2 Å². The van der Waals surface area contributed by atoms with Crippen molar-refractivity contribution in [2.45, 2.75) is 50.4 Å². The fourth-order valence-electron chi connectivity index (χ4n) is 4.98. The molecule has 1 aliphatic heterocycles. The van der Waals surface area contributed by atoms with Crippen LogP contribution in [0.25, 0.3) is 5.57 Å². The zero-order valence-electron chi connectivity index (χ0n) is 19.4. The molecule has 0 bridgehead atoms. The summed E-state index contributed by atoms with van der Waals surface area (Å²) >= 11 is 0. The Bertz CT molecular complexity index is 1110. The van der Waals surface area contributed by atoms with E-state index < -0.39 is 5.41 Å². The lowest BCUT2D eigenvalue weighted by atomic mass is 9.71. The van der Waals surface area contributed by atoms with Gasteiger partial charge in [-0.2, -0.15) is 0 Å². The summed E-state index contributed by atoms with van der Waals surface area (Å²) in [6.07, 6.45) is 15.0. The average molecular weight is 446 g/mol. The van der Waals surface area contributed by atoms with E-state index in [1.165, 1.54) is 18.2 Å². The lowest BCUT2D eigenvalue weighted by Gasteiger charge is -2.38. The standard InChI is InChI=1S/C27H31N3O3/c1-4-22-18-28-25(29-22)24(31)16-20-10-11-21(17-23(20)19-8-6-5-7-9-19)27(26(32)30(2)3)12-14-33-15-13-27/h1,8,10-11,17-18H,5-7,9,12-16H2,2-3H3,(H,28,29). The second-order valence-corrected chi connectivity index (χ2v) is 9.13. The summed E-state index contributed by atoms with van der Waals surface area (Å²) in [5.74, 6) is 2.75. The highest BCUT2D eigenvalue weighted by Gasteiger charge is 2.43. The van der Waals surface area contributed by atoms with Gasteiger partial charge in [0.2, 0.25) is 11.7 Å². The predicted molar refractivity (Wildman–Crippen MR) is 128 cm³/mol. The van der Waals surface area contributed by atoms with Crippen LogP contribution < -0.4 is 0 Å². The molecule has 1 amide bonds. The van der Waals surface area contributed by atoms with Crippen LogP contribution in [0.5, 0.6) is 0 Å². The molecule has 1 N–H and O–H groups in total. The van der Waals surface area contributed by atoms with Gasteiger partial charge in [0, 0.05) is 33.7 Å². The first-order valence-electron chi connectivity index (χ1n) is 11.6. The van der Waals surface area contributed by atoms with Gasteiger partial charge in [0.15, 0.2) is 5.82 Å². The zero-order chi connectivity index (χ0) is 23.4. The largest absolute Gasteiger partial charge is 0.381 e. The number of ketones is 1. The Morgan fingerprint density at radius 2 is 2.03 bits per heavy atom. The molecule has 172 valence electrons. The van der Waals surface area contributed by atoms with Gasteiger partial charge in [-0.05, 0) is 60.8 Å². The maximum Gasteiger partial charge on any atom is 0.232 e. The molecule has 1 aromatic heterocycles. The highest BCUT2D eigenvalue weighted by molar-refractivity contribution is 5.95. The number of terminal acetylenes is 1. The molecular weight excluding hydrogens is 414 g/mol. The molecule has 2 aliphatic rings. The number of imidazole rings is 1. The third kappa shape index (κ3) is 4.65. The highest BCUT2D eigenvalue weighted by Crippen LogP contribution is 2.39. The van der Waals surface area contributed by atoms with Crippen LogP contribution in [0.15, 0.2) is 30.5 Å². The Balaban J connectivity index is 1.75. The molecule has 0 radical (unpaired) electrons. The summed E-state index contributed by atoms with van der Waals surface area (Å²) in [6, 6.07) is 6.20. The molecule has 2 heterocycles. The summed E-state index contributed by atoms with van der Waals surface area (Å²) in [5, 5.41) is 0. The highest BCUT2D eigenvalue weighted by atomic mass is 16.5. The lowest BCUT2D eigenvalue weighted by Crippen LogP contribution is -2.47. The number of nitrogens with zero attached hydrogens (tertiary/aromatic N) is 2. The van der Waals surface area contributed by atoms with Crippen molar-refractivity contribution in [2.24, 2.45) is 0 Å². The molecule has 1 aromatic carbocycles. The van der Waals surface area contributed by atoms with E-state index in [0.29, 0.717) is 31.7 Å². The van der Waals surface area contributed by atoms with Crippen molar-refractivity contribution in [3.05, 3.63) is 58.7 Å². The van der Waals surface area contributed by atoms with Crippen molar-refractivity contribution < 1.29 is 14.3 Å². The number of rotatable bonds is 6. The van der Waals surface area contributed by atoms with Gasteiger partial charge in [0.1, 0.15) is 5.69 Å². The maximum absolute atomic E-state index is 13.4. The number of aromatic amines is 1. The number of amides is 1. The minimum absolute atomic E-state index is 0.105. The van der Waals surface area contributed by atoms with Crippen LogP contribution >= 0.6 is 0 Å². The van der Waals surface area contributed by atoms with E-state index in [9.17, 15) is 9.59 Å². The SMILES string of the molecule is C#Cc1cnc(C(=O)Cc2ccc(C3(C(=O)N(C)C)CCOCC3)cc2C2=CCCCC2)[nH]1. The fourth-order valence-corrected chi connectivity index (χ4v) is 4.98. The smallest absolute Gasteiger partial charge is 0.232 e. The number of ether oxygens (including phenoxy) is 1. The Hall–Kier alpha value is -3.17. The Morgan fingerprint density at radius 3 is 2.67 bits per heavy atom. The minimum atomic E-state index is -0.600. The summed E-state index contributed by atoms with van der Waals surface area (Å²) < 4.78 is 5.61. The van der Waals surface area contributed by atoms with Crippen LogP contribution in [0.2, 0.25) is 0 Å². The molecule has 0 spiro atoms. The van der Waals surface area contributed by atoms with Gasteiger partial charge in [-0.1, -0.05) is 30.2 Å². The first-order valence-corrected chi connectivity index (χ1v) is 11.6. The van der Waals surface area contributed by atoms with Gasteiger partial charge in [-0.15, -0.1) is 6.42 Å². The van der Waals surface area contributed by atoms with Gasteiger partial charge in [-0.25, -0.2) is 4.98 Å². The summed E-state index contributed by atoms with van der Waals surface area (Å²) in [7, 11) is 3.62. The number of Topliss-reactive ketones (excluding diaryl/α,β-unsaturated/α-hetero) is 1. The Labute approximate surface area is 195 Å². The number of hydrogen-bond acceptors (Lipinski definition) is 4. The van der Waals surface area contributed by atoms with Gasteiger partial charge in [0.05, 0.1) is 11.6 Å². The van der Waals surface area contributed by atoms with Gasteiger partial charge >= 0.3 is 0 Å². The van der Waals surface area contributed by atoms with Crippen LogP contribution in [0.1, 0.15) is 71.5 Å². The molecule has 1 aliphatic carbocycles. The molecule has 6 nitrogen and oxygen atoms in total. The molecular formula is C27H31N3O3. The molecule has 0 atom stereocenters. The molecule has 1 saturated heterocycles. The number of benzene rings is 1. The minimum Gasteiger partial charge on any atom is -0.381 e. The third-order valence-electron chi connectivity index (χ3n) is 6.81. The second-order valence-electron chi connectivity index (χ2n) is 9.13. The van der Waals surface area contributed by atoms with E-state index in [1.54, 1.807) is 4.90 Å². The van der Waals surface area contributed by atoms with E-state index >= 15 is 0 Å². The lowest BCUT2D eigenvalue weighted by molar-refractivity contribution is -0.138. The number of H-pyrrole nitrogens is 1. The molecule has 2 aromatic rings. The third-order valence-corrected chi connectivity index (χ3v) is 6.81. The molecule has 6 heteroatoms. The number of carbonyl (C=O) groups is 2. The molecule has 33 heavy (non-hydrogen) atoms. The maximum atomic E-state index is 13.4. The van der Waals surface area contributed by atoms with Gasteiger partial charge < -0.3 is 14.6 Å². The van der Waals surface area contributed by atoms with Crippen LogP contribution in [-0.2, 0) is 21.4 Å². The topological polar surface area (TPSA) is 75.3 Å². The summed E-state index contributed by atoms with van der Waals surface area (Å²) in [4.78, 5) is 35.1. The first-order chi connectivity index (χ1) is 15.9. The predicted octanol–water partition coefficient (Wildman–Crippen LogP) is 3.91. The monoisotopic (exact) mass is 445 g/mol. The van der Waals surface area contributed by atoms with Crippen LogP contribution in [-0.4, -0.2) is 53.9 Å². The number of allylic oxidation sites excluding steroid dienone is 2. The van der Waals surface area contributed by atoms with E-state index in [2.05, 4.69) is 28.0 Å². The van der Waals surface area contributed by atoms with Crippen LogP contribution in [0.4, 0.5) is 0 Å². The number of carbonyl (C=O) groups excluding carboxylic acids is 2. The van der Waals surface area contributed by atoms with Crippen molar-refractivity contribution in [1.29, 1.82) is 0 Å². The molecule has 0 unspecified atom stereocenters. The van der Waals surface area contributed by atoms with Crippen molar-refractivity contribution in [2.75, 3.05) is 27.3 Å². The van der Waals surface area contributed by atoms with Gasteiger partial charge in [-0.3, -0.25) is 9.59 Å². The van der Waals surface area contributed by atoms with E-state index in [4.69, 9.17) is 11.2 Å². The second kappa shape index (κ2) is 9.76. The number of nitrogens with one attached hydrogen (secondary N) is 1. The summed E-state index contributed by atoms with van der Waals surface area (Å²) in [6.45, 7) is 1.13. The average Bonchev–Trinajstić information content (AvgIpc) is 3.34. The van der Waals surface area contributed by atoms with Gasteiger partial charge in [0.25, 0.3) is 0 Å². The van der Waals surface area contributed by atoms with Crippen LogP contribution in [0.3, 0.4) is 0 Å².